The fraction of sp³-hybridized carbons (Fsp3) is 0.308. The summed E-state index contributed by atoms with van der Waals surface area (Å²) >= 11 is 0. The largest absolute Gasteiger partial charge is 0.0620 e. The van der Waals surface area contributed by atoms with Gasteiger partial charge in [0.05, 0.1) is 0 Å². The fourth-order valence-corrected chi connectivity index (χ4v) is 3.72. The predicted octanol–water partition coefficient (Wildman–Crippen LogP) is 6.49. The third-order valence-electron chi connectivity index (χ3n) is 5.46. The van der Waals surface area contributed by atoms with Crippen molar-refractivity contribution in [2.45, 2.75) is 53.4 Å². The van der Waals surface area contributed by atoms with Crippen molar-refractivity contribution in [2.75, 3.05) is 0 Å². The number of hydrogen-bond acceptors (Lipinski definition) is 0. The van der Waals surface area contributed by atoms with Crippen LogP contribution in [0, 0.1) is 27.7 Å². The van der Waals surface area contributed by atoms with Gasteiger partial charge in [-0.25, -0.2) is 0 Å². The number of hydrogen-bond donors (Lipinski definition) is 0. The standard InChI is InChI=1S/C26H30/c1-19-9-11-21(3)25(17-19)15-13-23-7-5-6-8-24(23)14-16-26-18-20(2)10-12-22(26)4/h5-12,17-18H,13-16H2,1-4H3. The van der Waals surface area contributed by atoms with Gasteiger partial charge in [0, 0.05) is 0 Å². The first-order valence-corrected chi connectivity index (χ1v) is 9.72. The lowest BCUT2D eigenvalue weighted by Crippen LogP contribution is -2.01. The molecule has 0 radical (unpaired) electrons. The molecule has 0 amide bonds. The van der Waals surface area contributed by atoms with Crippen molar-refractivity contribution in [2.24, 2.45) is 0 Å². The van der Waals surface area contributed by atoms with Crippen LogP contribution >= 0.6 is 0 Å². The average Bonchev–Trinajstić information content (AvgIpc) is 2.64. The minimum absolute atomic E-state index is 1.12. The van der Waals surface area contributed by atoms with E-state index in [4.69, 9.17) is 0 Å². The van der Waals surface area contributed by atoms with Gasteiger partial charge < -0.3 is 0 Å². The van der Waals surface area contributed by atoms with Crippen molar-refractivity contribution in [1.29, 1.82) is 0 Å². The van der Waals surface area contributed by atoms with E-state index in [0.717, 1.165) is 25.7 Å². The molecular weight excluding hydrogens is 312 g/mol. The molecule has 0 aliphatic rings. The summed E-state index contributed by atoms with van der Waals surface area (Å²) < 4.78 is 0. The van der Waals surface area contributed by atoms with Gasteiger partial charge in [-0.15, -0.1) is 0 Å². The van der Waals surface area contributed by atoms with E-state index in [2.05, 4.69) is 88.4 Å². The monoisotopic (exact) mass is 342 g/mol. The molecule has 3 aromatic carbocycles. The topological polar surface area (TPSA) is 0 Å². The molecule has 3 rings (SSSR count). The van der Waals surface area contributed by atoms with Gasteiger partial charge in [0.25, 0.3) is 0 Å². The molecule has 0 aliphatic heterocycles. The van der Waals surface area contributed by atoms with Crippen LogP contribution in [0.15, 0.2) is 60.7 Å². The Hall–Kier alpha value is -2.34. The fourth-order valence-electron chi connectivity index (χ4n) is 3.72. The van der Waals surface area contributed by atoms with Gasteiger partial charge in [0.1, 0.15) is 0 Å². The summed E-state index contributed by atoms with van der Waals surface area (Å²) in [6.07, 6.45) is 4.47. The highest BCUT2D eigenvalue weighted by Gasteiger charge is 2.06. The highest BCUT2D eigenvalue weighted by Crippen LogP contribution is 2.19. The molecule has 0 N–H and O–H groups in total. The maximum atomic E-state index is 2.34. The molecule has 0 spiro atoms. The zero-order chi connectivity index (χ0) is 18.5. The lowest BCUT2D eigenvalue weighted by Gasteiger charge is -2.13. The summed E-state index contributed by atoms with van der Waals surface area (Å²) in [4.78, 5) is 0. The maximum absolute atomic E-state index is 2.34. The molecule has 0 fully saturated rings. The van der Waals surface area contributed by atoms with Crippen LogP contribution in [0.3, 0.4) is 0 Å². The van der Waals surface area contributed by atoms with Crippen LogP contribution in [-0.2, 0) is 25.7 Å². The minimum atomic E-state index is 1.12. The molecule has 0 heterocycles. The summed E-state index contributed by atoms with van der Waals surface area (Å²) in [5.74, 6) is 0. The summed E-state index contributed by atoms with van der Waals surface area (Å²) in [6, 6.07) is 22.6. The average molecular weight is 343 g/mol. The van der Waals surface area contributed by atoms with Gasteiger partial charge in [-0.1, -0.05) is 71.8 Å². The van der Waals surface area contributed by atoms with Crippen LogP contribution in [-0.4, -0.2) is 0 Å². The Morgan fingerprint density at radius 2 is 0.846 bits per heavy atom. The molecule has 3 aromatic rings. The Balaban J connectivity index is 1.72. The Morgan fingerprint density at radius 1 is 0.462 bits per heavy atom. The molecular formula is C26H30. The molecule has 0 unspecified atom stereocenters. The van der Waals surface area contributed by atoms with Gasteiger partial charge in [-0.3, -0.25) is 0 Å². The molecule has 134 valence electrons. The summed E-state index contributed by atoms with van der Waals surface area (Å²) in [7, 11) is 0. The third-order valence-corrected chi connectivity index (χ3v) is 5.46. The Morgan fingerprint density at radius 3 is 1.27 bits per heavy atom. The predicted molar refractivity (Wildman–Crippen MR) is 113 cm³/mol. The van der Waals surface area contributed by atoms with Gasteiger partial charge in [-0.05, 0) is 86.8 Å². The van der Waals surface area contributed by atoms with Crippen LogP contribution in [0.2, 0.25) is 0 Å². The van der Waals surface area contributed by atoms with Gasteiger partial charge in [0.2, 0.25) is 0 Å². The zero-order valence-corrected chi connectivity index (χ0v) is 16.6. The molecule has 26 heavy (non-hydrogen) atoms. The third kappa shape index (κ3) is 4.64. The number of benzene rings is 3. The second kappa shape index (κ2) is 8.36. The maximum Gasteiger partial charge on any atom is -0.0235 e. The first kappa shape index (κ1) is 18.5. The van der Waals surface area contributed by atoms with Crippen molar-refractivity contribution in [3.8, 4) is 0 Å². The van der Waals surface area contributed by atoms with E-state index in [-0.39, 0.29) is 0 Å². The molecule has 0 saturated heterocycles. The molecule has 0 atom stereocenters. The van der Waals surface area contributed by atoms with Crippen molar-refractivity contribution in [3.05, 3.63) is 105 Å². The van der Waals surface area contributed by atoms with Gasteiger partial charge in [-0.2, -0.15) is 0 Å². The molecule has 0 saturated carbocycles. The van der Waals surface area contributed by atoms with Gasteiger partial charge in [0.15, 0.2) is 0 Å². The molecule has 0 nitrogen and oxygen atoms in total. The lowest BCUT2D eigenvalue weighted by molar-refractivity contribution is 0.885. The van der Waals surface area contributed by atoms with Crippen molar-refractivity contribution in [3.63, 3.8) is 0 Å². The SMILES string of the molecule is Cc1ccc(C)c(CCc2ccccc2CCc2cc(C)ccc2C)c1. The van der Waals surface area contributed by atoms with E-state index in [1.807, 2.05) is 0 Å². The second-order valence-corrected chi connectivity index (χ2v) is 7.63. The minimum Gasteiger partial charge on any atom is -0.0620 e. The molecule has 0 heteroatoms. The van der Waals surface area contributed by atoms with Crippen LogP contribution < -0.4 is 0 Å². The Bertz CT molecular complexity index is 812. The lowest BCUT2D eigenvalue weighted by atomic mass is 9.93. The summed E-state index contributed by atoms with van der Waals surface area (Å²) in [5, 5.41) is 0. The summed E-state index contributed by atoms with van der Waals surface area (Å²) in [5.41, 5.74) is 11.5. The normalized spacial score (nSPS) is 10.9. The summed E-state index contributed by atoms with van der Waals surface area (Å²) in [6.45, 7) is 8.81. The van der Waals surface area contributed by atoms with Crippen LogP contribution in [0.1, 0.15) is 44.5 Å². The van der Waals surface area contributed by atoms with Crippen molar-refractivity contribution < 1.29 is 0 Å². The molecule has 0 aromatic heterocycles. The zero-order valence-electron chi connectivity index (χ0n) is 16.6. The quantitative estimate of drug-likeness (QED) is 0.480. The Kier molecular flexibility index (Phi) is 5.93. The number of rotatable bonds is 6. The van der Waals surface area contributed by atoms with E-state index in [0.29, 0.717) is 0 Å². The van der Waals surface area contributed by atoms with Crippen molar-refractivity contribution >= 4 is 0 Å². The van der Waals surface area contributed by atoms with Crippen LogP contribution in [0.4, 0.5) is 0 Å². The number of aryl methyl sites for hydroxylation is 8. The highest BCUT2D eigenvalue weighted by molar-refractivity contribution is 5.35. The first-order valence-electron chi connectivity index (χ1n) is 9.72. The van der Waals surface area contributed by atoms with E-state index in [9.17, 15) is 0 Å². The van der Waals surface area contributed by atoms with Gasteiger partial charge >= 0.3 is 0 Å². The smallest absolute Gasteiger partial charge is 0.0235 e. The Labute approximate surface area is 158 Å². The van der Waals surface area contributed by atoms with E-state index in [1.165, 1.54) is 44.5 Å². The van der Waals surface area contributed by atoms with E-state index >= 15 is 0 Å². The van der Waals surface area contributed by atoms with Crippen molar-refractivity contribution in [1.82, 2.24) is 0 Å². The molecule has 0 aliphatic carbocycles. The van der Waals surface area contributed by atoms with E-state index in [1.54, 1.807) is 0 Å². The highest BCUT2D eigenvalue weighted by atomic mass is 14.1. The second-order valence-electron chi connectivity index (χ2n) is 7.63. The van der Waals surface area contributed by atoms with Crippen LogP contribution in [0.5, 0.6) is 0 Å². The van der Waals surface area contributed by atoms with E-state index < -0.39 is 0 Å². The first-order chi connectivity index (χ1) is 12.5. The molecule has 0 bridgehead atoms. The van der Waals surface area contributed by atoms with Crippen LogP contribution in [0.25, 0.3) is 0 Å².